The van der Waals surface area contributed by atoms with Crippen molar-refractivity contribution in [3.8, 4) is 5.75 Å². The molecule has 2 rings (SSSR count). The van der Waals surface area contributed by atoms with Crippen molar-refractivity contribution in [3.63, 3.8) is 0 Å². The van der Waals surface area contributed by atoms with Crippen LogP contribution < -0.4 is 4.74 Å². The number of hydrogen-bond donors (Lipinski definition) is 2. The molecule has 0 spiro atoms. The van der Waals surface area contributed by atoms with E-state index in [-0.39, 0.29) is 5.78 Å². The predicted molar refractivity (Wildman–Crippen MR) is 67.3 cm³/mol. The van der Waals surface area contributed by atoms with Gasteiger partial charge in [0.1, 0.15) is 5.75 Å². The number of rotatable bonds is 4. The van der Waals surface area contributed by atoms with Crippen molar-refractivity contribution in [2.45, 2.75) is 12.8 Å². The average Bonchev–Trinajstić information content (AvgIpc) is 2.41. The third kappa shape index (κ3) is 2.46. The third-order valence-electron chi connectivity index (χ3n) is 3.64. The SMILES string of the molecule is COc1ccc2c(c1)CCC(C(CO)C(=O)O)C2=O. The van der Waals surface area contributed by atoms with Crippen molar-refractivity contribution < 1.29 is 24.5 Å². The van der Waals surface area contributed by atoms with E-state index in [0.29, 0.717) is 24.2 Å². The highest BCUT2D eigenvalue weighted by Crippen LogP contribution is 2.32. The van der Waals surface area contributed by atoms with E-state index in [1.54, 1.807) is 25.3 Å². The first-order valence-electron chi connectivity index (χ1n) is 6.13. The summed E-state index contributed by atoms with van der Waals surface area (Å²) in [5.74, 6) is -2.32. The Morgan fingerprint density at radius 1 is 1.53 bits per heavy atom. The molecule has 1 aliphatic rings. The van der Waals surface area contributed by atoms with Crippen LogP contribution in [0.2, 0.25) is 0 Å². The number of benzene rings is 1. The van der Waals surface area contributed by atoms with E-state index in [2.05, 4.69) is 0 Å². The number of carboxylic acids is 1. The molecule has 0 bridgehead atoms. The van der Waals surface area contributed by atoms with E-state index in [1.165, 1.54) is 0 Å². The quantitative estimate of drug-likeness (QED) is 0.851. The Balaban J connectivity index is 2.31. The summed E-state index contributed by atoms with van der Waals surface area (Å²) in [6.07, 6.45) is 1.06. The molecule has 0 radical (unpaired) electrons. The highest BCUT2D eigenvalue weighted by atomic mass is 16.5. The number of hydrogen-bond acceptors (Lipinski definition) is 4. The number of carboxylic acid groups (broad SMARTS) is 1. The van der Waals surface area contributed by atoms with Gasteiger partial charge in [-0.15, -0.1) is 0 Å². The van der Waals surface area contributed by atoms with Crippen LogP contribution in [0.5, 0.6) is 5.75 Å². The van der Waals surface area contributed by atoms with Gasteiger partial charge < -0.3 is 14.9 Å². The Bertz CT molecular complexity index is 509. The topological polar surface area (TPSA) is 83.8 Å². The summed E-state index contributed by atoms with van der Waals surface area (Å²) < 4.78 is 5.10. The van der Waals surface area contributed by atoms with Gasteiger partial charge in [-0.25, -0.2) is 0 Å². The standard InChI is InChI=1S/C14H16O5/c1-19-9-3-5-10-8(6-9)2-4-11(13(10)16)12(7-15)14(17)18/h3,5-6,11-12,15H,2,4,7H2,1H3,(H,17,18). The Labute approximate surface area is 110 Å². The van der Waals surface area contributed by atoms with E-state index >= 15 is 0 Å². The van der Waals surface area contributed by atoms with Gasteiger partial charge in [0.05, 0.1) is 19.6 Å². The zero-order chi connectivity index (χ0) is 14.0. The summed E-state index contributed by atoms with van der Waals surface area (Å²) in [6.45, 7) is -0.517. The number of Topliss-reactive ketones (excluding diaryl/α,β-unsaturated/α-hetero) is 1. The first kappa shape index (κ1) is 13.5. The van der Waals surface area contributed by atoms with Crippen molar-refractivity contribution in [2.75, 3.05) is 13.7 Å². The van der Waals surface area contributed by atoms with Crippen molar-refractivity contribution in [1.82, 2.24) is 0 Å². The summed E-state index contributed by atoms with van der Waals surface area (Å²) in [7, 11) is 1.56. The lowest BCUT2D eigenvalue weighted by Crippen LogP contribution is -2.35. The minimum absolute atomic E-state index is 0.203. The van der Waals surface area contributed by atoms with Crippen LogP contribution >= 0.6 is 0 Å². The largest absolute Gasteiger partial charge is 0.497 e. The first-order valence-corrected chi connectivity index (χ1v) is 6.13. The fourth-order valence-electron chi connectivity index (χ4n) is 2.55. The van der Waals surface area contributed by atoms with Crippen LogP contribution in [0.1, 0.15) is 22.3 Å². The average molecular weight is 264 g/mol. The van der Waals surface area contributed by atoms with Crippen molar-refractivity contribution in [2.24, 2.45) is 11.8 Å². The molecule has 0 saturated heterocycles. The van der Waals surface area contributed by atoms with Gasteiger partial charge in [0.2, 0.25) is 0 Å². The van der Waals surface area contributed by atoms with E-state index in [9.17, 15) is 9.59 Å². The van der Waals surface area contributed by atoms with Crippen LogP contribution in [-0.2, 0) is 11.2 Å². The van der Waals surface area contributed by atoms with Gasteiger partial charge in [0, 0.05) is 11.5 Å². The summed E-state index contributed by atoms with van der Waals surface area (Å²) in [6, 6.07) is 5.16. The van der Waals surface area contributed by atoms with Gasteiger partial charge in [-0.3, -0.25) is 9.59 Å². The lowest BCUT2D eigenvalue weighted by Gasteiger charge is -2.27. The fraction of sp³-hybridized carbons (Fsp3) is 0.429. The second-order valence-electron chi connectivity index (χ2n) is 4.66. The van der Waals surface area contributed by atoms with Crippen LogP contribution in [0.25, 0.3) is 0 Å². The number of ketones is 1. The molecule has 5 nitrogen and oxygen atoms in total. The van der Waals surface area contributed by atoms with Gasteiger partial charge in [-0.1, -0.05) is 0 Å². The summed E-state index contributed by atoms with van der Waals surface area (Å²) in [5, 5.41) is 18.2. The molecule has 2 unspecified atom stereocenters. The van der Waals surface area contributed by atoms with Gasteiger partial charge in [-0.2, -0.15) is 0 Å². The summed E-state index contributed by atoms with van der Waals surface area (Å²) >= 11 is 0. The van der Waals surface area contributed by atoms with Crippen LogP contribution in [0, 0.1) is 11.8 Å². The second kappa shape index (κ2) is 5.40. The van der Waals surface area contributed by atoms with Crippen LogP contribution in [-0.4, -0.2) is 35.7 Å². The van der Waals surface area contributed by atoms with Crippen molar-refractivity contribution in [1.29, 1.82) is 0 Å². The highest BCUT2D eigenvalue weighted by molar-refractivity contribution is 6.02. The van der Waals surface area contributed by atoms with E-state index in [4.69, 9.17) is 14.9 Å². The maximum absolute atomic E-state index is 12.3. The molecular formula is C14H16O5. The van der Waals surface area contributed by atoms with Crippen LogP contribution in [0.4, 0.5) is 0 Å². The van der Waals surface area contributed by atoms with E-state index in [0.717, 1.165) is 5.56 Å². The number of fused-ring (bicyclic) bond motifs is 1. The molecule has 0 fully saturated rings. The Kier molecular flexibility index (Phi) is 3.85. The smallest absolute Gasteiger partial charge is 0.309 e. The lowest BCUT2D eigenvalue weighted by atomic mass is 9.76. The molecule has 2 atom stereocenters. The van der Waals surface area contributed by atoms with Gasteiger partial charge in [-0.05, 0) is 36.6 Å². The van der Waals surface area contributed by atoms with Gasteiger partial charge in [0.25, 0.3) is 0 Å². The molecule has 1 aliphatic carbocycles. The monoisotopic (exact) mass is 264 g/mol. The van der Waals surface area contributed by atoms with Gasteiger partial charge in [0.15, 0.2) is 5.78 Å². The summed E-state index contributed by atoms with van der Waals surface area (Å²) in [4.78, 5) is 23.4. The number of aliphatic carboxylic acids is 1. The molecule has 1 aromatic carbocycles. The van der Waals surface area contributed by atoms with E-state index < -0.39 is 24.4 Å². The molecule has 0 aromatic heterocycles. The molecule has 2 N–H and O–H groups in total. The zero-order valence-electron chi connectivity index (χ0n) is 10.6. The maximum Gasteiger partial charge on any atom is 0.309 e. The van der Waals surface area contributed by atoms with Crippen molar-refractivity contribution >= 4 is 11.8 Å². The molecule has 5 heteroatoms. The van der Waals surface area contributed by atoms with Crippen molar-refractivity contribution in [3.05, 3.63) is 29.3 Å². The fourth-order valence-corrected chi connectivity index (χ4v) is 2.55. The number of methoxy groups -OCH3 is 1. The van der Waals surface area contributed by atoms with Crippen LogP contribution in [0.3, 0.4) is 0 Å². The normalized spacial score (nSPS) is 19.7. The Hall–Kier alpha value is -1.88. The molecule has 102 valence electrons. The molecule has 1 aromatic rings. The Morgan fingerprint density at radius 2 is 2.26 bits per heavy atom. The van der Waals surface area contributed by atoms with Crippen LogP contribution in [0.15, 0.2) is 18.2 Å². The van der Waals surface area contributed by atoms with Gasteiger partial charge >= 0.3 is 5.97 Å². The highest BCUT2D eigenvalue weighted by Gasteiger charge is 2.37. The molecule has 0 saturated carbocycles. The minimum Gasteiger partial charge on any atom is -0.497 e. The molecular weight excluding hydrogens is 248 g/mol. The molecule has 0 heterocycles. The predicted octanol–water partition coefficient (Wildman–Crippen LogP) is 1.13. The maximum atomic E-state index is 12.3. The molecule has 19 heavy (non-hydrogen) atoms. The lowest BCUT2D eigenvalue weighted by molar-refractivity contribution is -0.144. The summed E-state index contributed by atoms with van der Waals surface area (Å²) in [5.41, 5.74) is 1.42. The number of ether oxygens (including phenoxy) is 1. The second-order valence-corrected chi connectivity index (χ2v) is 4.66. The number of aryl methyl sites for hydroxylation is 1. The molecule has 0 amide bonds. The number of carbonyl (C=O) groups excluding carboxylic acids is 1. The number of aliphatic hydroxyl groups is 1. The number of aliphatic hydroxyl groups excluding tert-OH is 1. The molecule has 0 aliphatic heterocycles. The Morgan fingerprint density at radius 3 is 2.84 bits per heavy atom. The minimum atomic E-state index is -1.13. The van der Waals surface area contributed by atoms with E-state index in [1.807, 2.05) is 0 Å². The zero-order valence-corrected chi connectivity index (χ0v) is 10.6. The number of carbonyl (C=O) groups is 2. The first-order chi connectivity index (χ1) is 9.08. The third-order valence-corrected chi connectivity index (χ3v) is 3.64.